The number of benzene rings is 2. The Morgan fingerprint density at radius 2 is 1.67 bits per heavy atom. The predicted molar refractivity (Wildman–Crippen MR) is 128 cm³/mol. The summed E-state index contributed by atoms with van der Waals surface area (Å²) in [4.78, 5) is 2.97. The van der Waals surface area contributed by atoms with Crippen molar-refractivity contribution in [2.75, 3.05) is 24.7 Å². The van der Waals surface area contributed by atoms with Gasteiger partial charge in [-0.2, -0.15) is 0 Å². The van der Waals surface area contributed by atoms with E-state index < -0.39 is 16.9 Å². The Morgan fingerprint density at radius 1 is 1.03 bits per heavy atom. The molecule has 1 N–H and O–H groups in total. The molecule has 0 spiro atoms. The molecule has 2 aromatic carbocycles. The van der Waals surface area contributed by atoms with Crippen LogP contribution in [-0.2, 0) is 10.8 Å². The van der Waals surface area contributed by atoms with Gasteiger partial charge in [0.25, 0.3) is 0 Å². The quantitative estimate of drug-likeness (QED) is 0.584. The van der Waals surface area contributed by atoms with E-state index in [0.717, 1.165) is 60.2 Å². The average molecular weight is 428 g/mol. The molecule has 0 saturated carbocycles. The first-order valence-corrected chi connectivity index (χ1v) is 12.7. The highest BCUT2D eigenvalue weighted by atomic mass is 32.2. The van der Waals surface area contributed by atoms with Gasteiger partial charge in [0.15, 0.2) is 0 Å². The Bertz CT molecular complexity index is 841. The lowest BCUT2D eigenvalue weighted by atomic mass is 9.68. The van der Waals surface area contributed by atoms with Crippen LogP contribution in [-0.4, -0.2) is 35.3 Å². The van der Waals surface area contributed by atoms with Crippen molar-refractivity contribution in [3.63, 3.8) is 0 Å². The van der Waals surface area contributed by atoms with E-state index in [4.69, 9.17) is 0 Å². The molecule has 0 aromatic heterocycles. The van der Waals surface area contributed by atoms with Crippen molar-refractivity contribution < 1.29 is 9.32 Å². The van der Waals surface area contributed by atoms with E-state index in [0.29, 0.717) is 5.75 Å². The van der Waals surface area contributed by atoms with Crippen molar-refractivity contribution in [2.24, 2.45) is 5.41 Å². The van der Waals surface area contributed by atoms with E-state index in [1.165, 1.54) is 0 Å². The monoisotopic (exact) mass is 427 g/mol. The maximum absolute atomic E-state index is 13.6. The summed E-state index contributed by atoms with van der Waals surface area (Å²) in [7, 11) is 2.92. The summed E-state index contributed by atoms with van der Waals surface area (Å²) in [5.74, 6) is 0.382. The molecule has 0 aliphatic carbocycles. The molecule has 30 heavy (non-hydrogen) atoms. The molecular weight excluding hydrogens is 390 g/mol. The molecule has 0 fully saturated rings. The SMILES string of the molecule is CCCCC1(CCCC)C[S@](=O)c2ccc(N(C)C)cc2[C@@H](c2ccccc2)[C@H]1O. The molecule has 0 amide bonds. The lowest BCUT2D eigenvalue weighted by Gasteiger charge is -2.40. The molecule has 0 radical (unpaired) electrons. The van der Waals surface area contributed by atoms with Crippen LogP contribution in [0.1, 0.15) is 69.4 Å². The maximum Gasteiger partial charge on any atom is 0.0714 e. The lowest BCUT2D eigenvalue weighted by molar-refractivity contribution is 0.0131. The highest BCUT2D eigenvalue weighted by Gasteiger charge is 2.47. The second-order valence-corrected chi connectivity index (χ2v) is 10.4. The maximum atomic E-state index is 13.6. The van der Waals surface area contributed by atoms with Crippen LogP contribution >= 0.6 is 0 Å². The molecule has 0 bridgehead atoms. The van der Waals surface area contributed by atoms with Crippen LogP contribution in [0.15, 0.2) is 53.4 Å². The van der Waals surface area contributed by atoms with Gasteiger partial charge in [-0.25, -0.2) is 0 Å². The summed E-state index contributed by atoms with van der Waals surface area (Å²) in [5, 5.41) is 12.0. The zero-order chi connectivity index (χ0) is 21.7. The number of fused-ring (bicyclic) bond motifs is 1. The minimum atomic E-state index is -1.12. The van der Waals surface area contributed by atoms with Crippen LogP contribution in [0.3, 0.4) is 0 Å². The second-order valence-electron chi connectivity index (χ2n) is 9.01. The first-order chi connectivity index (χ1) is 14.4. The molecular formula is C26H37NO2S. The topological polar surface area (TPSA) is 40.5 Å². The predicted octanol–water partition coefficient (Wildman–Crippen LogP) is 5.73. The van der Waals surface area contributed by atoms with Crippen molar-refractivity contribution in [1.82, 2.24) is 0 Å². The minimum Gasteiger partial charge on any atom is -0.392 e. The van der Waals surface area contributed by atoms with Crippen LogP contribution in [0, 0.1) is 5.41 Å². The second kappa shape index (κ2) is 10.1. The highest BCUT2D eigenvalue weighted by molar-refractivity contribution is 7.85. The van der Waals surface area contributed by atoms with Gasteiger partial charge in [0.1, 0.15) is 0 Å². The van der Waals surface area contributed by atoms with Crippen molar-refractivity contribution in [3.8, 4) is 0 Å². The minimum absolute atomic E-state index is 0.165. The molecule has 164 valence electrons. The number of hydrogen-bond donors (Lipinski definition) is 1. The third kappa shape index (κ3) is 4.65. The summed E-state index contributed by atoms with van der Waals surface area (Å²) < 4.78 is 13.6. The fourth-order valence-electron chi connectivity index (χ4n) is 4.86. The standard InChI is InChI=1S/C26H37NO2S/c1-5-7-16-26(17-8-6-2)19-30(29)23-15-14-21(27(3)4)18-22(23)24(25(26)28)20-12-10-9-11-13-20/h9-15,18,24-25,28H,5-8,16-17,19H2,1-4H3/t24-,25-,30+/m1/s1. The Hall–Kier alpha value is -1.65. The first kappa shape index (κ1) is 23.0. The van der Waals surface area contributed by atoms with Crippen LogP contribution < -0.4 is 4.90 Å². The molecule has 3 nitrogen and oxygen atoms in total. The molecule has 1 heterocycles. The summed E-state index contributed by atoms with van der Waals surface area (Å²) in [6, 6.07) is 16.5. The van der Waals surface area contributed by atoms with Crippen molar-refractivity contribution >= 4 is 16.5 Å². The third-order valence-electron chi connectivity index (χ3n) is 6.67. The summed E-state index contributed by atoms with van der Waals surface area (Å²) in [6.07, 6.45) is 5.57. The van der Waals surface area contributed by atoms with Crippen LogP contribution in [0.5, 0.6) is 0 Å². The molecule has 1 aliphatic heterocycles. The Labute approximate surface area is 185 Å². The van der Waals surface area contributed by atoms with E-state index in [1.807, 2.05) is 38.4 Å². The van der Waals surface area contributed by atoms with Crippen molar-refractivity contribution in [1.29, 1.82) is 0 Å². The zero-order valence-electron chi connectivity index (χ0n) is 18.9. The lowest BCUT2D eigenvalue weighted by Crippen LogP contribution is -2.42. The smallest absolute Gasteiger partial charge is 0.0714 e. The van der Waals surface area contributed by atoms with Gasteiger partial charge in [-0.3, -0.25) is 4.21 Å². The van der Waals surface area contributed by atoms with Gasteiger partial charge in [0.05, 0.1) is 16.9 Å². The van der Waals surface area contributed by atoms with Gasteiger partial charge in [0, 0.05) is 41.8 Å². The van der Waals surface area contributed by atoms with Gasteiger partial charge in [-0.05, 0) is 42.2 Å². The molecule has 0 unspecified atom stereocenters. The Kier molecular flexibility index (Phi) is 7.75. The van der Waals surface area contributed by atoms with E-state index >= 15 is 0 Å². The number of nitrogens with zero attached hydrogens (tertiary/aromatic N) is 1. The van der Waals surface area contributed by atoms with E-state index in [1.54, 1.807) is 0 Å². The molecule has 0 saturated heterocycles. The summed E-state index contributed by atoms with van der Waals surface area (Å²) in [6.45, 7) is 4.39. The van der Waals surface area contributed by atoms with Gasteiger partial charge < -0.3 is 10.0 Å². The van der Waals surface area contributed by atoms with Gasteiger partial charge in [-0.1, -0.05) is 69.9 Å². The van der Waals surface area contributed by atoms with E-state index in [2.05, 4.69) is 43.0 Å². The average Bonchev–Trinajstić information content (AvgIpc) is 2.84. The van der Waals surface area contributed by atoms with E-state index in [9.17, 15) is 9.32 Å². The summed E-state index contributed by atoms with van der Waals surface area (Å²) >= 11 is 0. The van der Waals surface area contributed by atoms with Crippen molar-refractivity contribution in [2.45, 2.75) is 69.3 Å². The summed E-state index contributed by atoms with van der Waals surface area (Å²) in [5.41, 5.74) is 2.88. The van der Waals surface area contributed by atoms with Crippen LogP contribution in [0.2, 0.25) is 0 Å². The molecule has 2 aromatic rings. The van der Waals surface area contributed by atoms with E-state index in [-0.39, 0.29) is 11.3 Å². The number of hydrogen-bond acceptors (Lipinski definition) is 3. The fraction of sp³-hybridized carbons (Fsp3) is 0.538. The number of rotatable bonds is 8. The first-order valence-electron chi connectivity index (χ1n) is 11.4. The van der Waals surface area contributed by atoms with Crippen LogP contribution in [0.4, 0.5) is 5.69 Å². The van der Waals surface area contributed by atoms with Gasteiger partial charge >= 0.3 is 0 Å². The Balaban J connectivity index is 2.21. The fourth-order valence-corrected chi connectivity index (χ4v) is 6.66. The molecule has 1 aliphatic rings. The normalized spacial score (nSPS) is 22.9. The van der Waals surface area contributed by atoms with Crippen LogP contribution in [0.25, 0.3) is 0 Å². The van der Waals surface area contributed by atoms with Gasteiger partial charge in [-0.15, -0.1) is 0 Å². The number of aliphatic hydroxyl groups excluding tert-OH is 1. The highest BCUT2D eigenvalue weighted by Crippen LogP contribution is 2.49. The number of anilines is 1. The zero-order valence-corrected chi connectivity index (χ0v) is 19.8. The third-order valence-corrected chi connectivity index (χ3v) is 8.37. The largest absolute Gasteiger partial charge is 0.392 e. The molecule has 3 rings (SSSR count). The van der Waals surface area contributed by atoms with Crippen molar-refractivity contribution in [3.05, 3.63) is 59.7 Å². The Morgan fingerprint density at radius 3 is 2.23 bits per heavy atom. The number of aliphatic hydroxyl groups is 1. The molecule has 3 atom stereocenters. The molecule has 4 heteroatoms. The van der Waals surface area contributed by atoms with Gasteiger partial charge in [0.2, 0.25) is 0 Å². The number of unbranched alkanes of at least 4 members (excludes halogenated alkanes) is 2.